The van der Waals surface area contributed by atoms with Crippen LogP contribution >= 0.6 is 0 Å². The van der Waals surface area contributed by atoms with Crippen LogP contribution in [-0.2, 0) is 13.1 Å². The fourth-order valence-corrected chi connectivity index (χ4v) is 4.01. The average Bonchev–Trinajstić information content (AvgIpc) is 2.94. The van der Waals surface area contributed by atoms with Crippen LogP contribution in [0.3, 0.4) is 0 Å². The Hall–Kier alpha value is -4.14. The molecular formula is C28H29N5O3. The predicted molar refractivity (Wildman–Crippen MR) is 140 cm³/mol. The summed E-state index contributed by atoms with van der Waals surface area (Å²) >= 11 is 0. The Balaban J connectivity index is 1.27. The molecule has 0 radical (unpaired) electrons. The molecule has 0 amide bonds. The first kappa shape index (κ1) is 23.6. The molecule has 2 aromatic heterocycles. The first-order valence-electron chi connectivity index (χ1n) is 11.9. The number of nitrogens with zero attached hydrogens (tertiary/aromatic N) is 2. The van der Waals surface area contributed by atoms with E-state index in [-0.39, 0.29) is 6.10 Å². The van der Waals surface area contributed by atoms with Crippen LogP contribution in [0.4, 0.5) is 11.4 Å². The van der Waals surface area contributed by atoms with Crippen LogP contribution in [-0.4, -0.2) is 36.3 Å². The van der Waals surface area contributed by atoms with E-state index in [4.69, 9.17) is 24.9 Å². The number of rotatable bonds is 9. The van der Waals surface area contributed by atoms with Gasteiger partial charge >= 0.3 is 0 Å². The molecule has 184 valence electrons. The van der Waals surface area contributed by atoms with Crippen molar-refractivity contribution in [2.75, 3.05) is 25.6 Å². The third kappa shape index (κ3) is 5.40. The van der Waals surface area contributed by atoms with Crippen LogP contribution in [0.5, 0.6) is 17.4 Å². The van der Waals surface area contributed by atoms with Crippen molar-refractivity contribution in [3.8, 4) is 28.6 Å². The molecule has 36 heavy (non-hydrogen) atoms. The van der Waals surface area contributed by atoms with Gasteiger partial charge < -0.3 is 30.6 Å². The van der Waals surface area contributed by atoms with E-state index < -0.39 is 0 Å². The van der Waals surface area contributed by atoms with E-state index in [9.17, 15) is 0 Å². The van der Waals surface area contributed by atoms with E-state index in [0.29, 0.717) is 30.5 Å². The van der Waals surface area contributed by atoms with Gasteiger partial charge in [-0.1, -0.05) is 18.2 Å². The number of nitrogens with one attached hydrogen (secondary N) is 2. The lowest BCUT2D eigenvalue weighted by Crippen LogP contribution is -2.35. The molecule has 4 N–H and O–H groups in total. The van der Waals surface area contributed by atoms with Crippen molar-refractivity contribution in [2.24, 2.45) is 5.73 Å². The van der Waals surface area contributed by atoms with E-state index in [1.165, 1.54) is 11.1 Å². The van der Waals surface area contributed by atoms with Gasteiger partial charge in [-0.15, -0.1) is 0 Å². The minimum atomic E-state index is -0.185. The number of para-hydroxylation sites is 1. The highest BCUT2D eigenvalue weighted by Gasteiger charge is 2.24. The van der Waals surface area contributed by atoms with Crippen molar-refractivity contribution in [1.29, 1.82) is 0 Å². The number of fused-ring (bicyclic) bond motifs is 1. The number of hydrogen-bond acceptors (Lipinski definition) is 8. The second-order valence-electron chi connectivity index (χ2n) is 8.45. The zero-order valence-corrected chi connectivity index (χ0v) is 20.1. The number of benzene rings is 2. The number of ether oxygens (including phenoxy) is 3. The summed E-state index contributed by atoms with van der Waals surface area (Å²) in [4.78, 5) is 8.79. The van der Waals surface area contributed by atoms with Crippen LogP contribution in [0.25, 0.3) is 11.3 Å². The topological polar surface area (TPSA) is 104 Å². The molecule has 3 heterocycles. The SMILES string of the molecule is COc1nc(-c2cccc3c2OC(CN)CO3)ccc1Nc1ccc(CNCc2ccncc2)cc1. The molecule has 0 aliphatic carbocycles. The minimum absolute atomic E-state index is 0.185. The summed E-state index contributed by atoms with van der Waals surface area (Å²) in [6.07, 6.45) is 3.43. The van der Waals surface area contributed by atoms with Gasteiger partial charge in [0.1, 0.15) is 18.4 Å². The lowest BCUT2D eigenvalue weighted by Gasteiger charge is -2.27. The van der Waals surface area contributed by atoms with Crippen molar-refractivity contribution in [1.82, 2.24) is 15.3 Å². The highest BCUT2D eigenvalue weighted by molar-refractivity contribution is 5.75. The van der Waals surface area contributed by atoms with E-state index >= 15 is 0 Å². The molecule has 0 fully saturated rings. The second-order valence-corrected chi connectivity index (χ2v) is 8.45. The maximum absolute atomic E-state index is 6.08. The lowest BCUT2D eigenvalue weighted by atomic mass is 10.1. The number of methoxy groups -OCH3 is 1. The van der Waals surface area contributed by atoms with E-state index in [1.807, 2.05) is 54.6 Å². The summed E-state index contributed by atoms with van der Waals surface area (Å²) in [6.45, 7) is 2.39. The molecule has 2 aromatic carbocycles. The normalized spacial score (nSPS) is 14.3. The van der Waals surface area contributed by atoms with Gasteiger partial charge in [-0.2, -0.15) is 0 Å². The molecule has 4 aromatic rings. The third-order valence-electron chi connectivity index (χ3n) is 5.92. The van der Waals surface area contributed by atoms with Gasteiger partial charge in [0.05, 0.1) is 12.8 Å². The van der Waals surface area contributed by atoms with Crippen LogP contribution in [0.15, 0.2) is 79.1 Å². The Morgan fingerprint density at radius 2 is 1.75 bits per heavy atom. The first-order valence-corrected chi connectivity index (χ1v) is 11.9. The number of aromatic nitrogens is 2. The number of pyridine rings is 2. The van der Waals surface area contributed by atoms with Crippen molar-refractivity contribution >= 4 is 11.4 Å². The number of nitrogens with two attached hydrogens (primary N) is 1. The fourth-order valence-electron chi connectivity index (χ4n) is 4.01. The highest BCUT2D eigenvalue weighted by Crippen LogP contribution is 2.41. The van der Waals surface area contributed by atoms with Crippen molar-refractivity contribution < 1.29 is 14.2 Å². The van der Waals surface area contributed by atoms with Gasteiger partial charge in [0.2, 0.25) is 5.88 Å². The van der Waals surface area contributed by atoms with Gasteiger partial charge in [0, 0.05) is 43.3 Å². The Kier molecular flexibility index (Phi) is 7.25. The summed E-state index contributed by atoms with van der Waals surface area (Å²) in [5.74, 6) is 1.83. The second kappa shape index (κ2) is 11.1. The van der Waals surface area contributed by atoms with Gasteiger partial charge in [0.25, 0.3) is 0 Å². The largest absolute Gasteiger partial charge is 0.486 e. The van der Waals surface area contributed by atoms with Crippen LogP contribution in [0, 0.1) is 0 Å². The molecule has 8 heteroatoms. The van der Waals surface area contributed by atoms with Gasteiger partial charge in [0.15, 0.2) is 11.5 Å². The standard InChI is InChI=1S/C28H29N5O3/c1-34-28-25(32-21-7-5-19(6-8-21)16-31-17-20-11-13-30-14-12-20)10-9-24(33-28)23-3-2-4-26-27(23)36-22(15-29)18-35-26/h2-14,22,31-32H,15-18,29H2,1H3. The van der Waals surface area contributed by atoms with Crippen molar-refractivity contribution in [3.63, 3.8) is 0 Å². The quantitative estimate of drug-likeness (QED) is 0.324. The van der Waals surface area contributed by atoms with Gasteiger partial charge in [-0.3, -0.25) is 4.98 Å². The molecule has 1 aliphatic heterocycles. The summed E-state index contributed by atoms with van der Waals surface area (Å²) in [5.41, 5.74) is 11.5. The molecule has 1 aliphatic rings. The van der Waals surface area contributed by atoms with Crippen molar-refractivity contribution in [2.45, 2.75) is 19.2 Å². The van der Waals surface area contributed by atoms with Crippen LogP contribution in [0.1, 0.15) is 11.1 Å². The molecule has 5 rings (SSSR count). The van der Waals surface area contributed by atoms with E-state index in [1.54, 1.807) is 19.5 Å². The molecule has 0 spiro atoms. The lowest BCUT2D eigenvalue weighted by molar-refractivity contribution is 0.0976. The number of anilines is 2. The summed E-state index contributed by atoms with van der Waals surface area (Å²) in [7, 11) is 1.61. The highest BCUT2D eigenvalue weighted by atomic mass is 16.6. The summed E-state index contributed by atoms with van der Waals surface area (Å²) in [6, 6.07) is 22.0. The average molecular weight is 484 g/mol. The maximum atomic E-state index is 6.08. The fraction of sp³-hybridized carbons (Fsp3) is 0.214. The molecular weight excluding hydrogens is 454 g/mol. The van der Waals surface area contributed by atoms with Gasteiger partial charge in [-0.05, 0) is 59.7 Å². The summed E-state index contributed by atoms with van der Waals surface area (Å²) in [5, 5.41) is 6.85. The molecule has 1 unspecified atom stereocenters. The molecule has 0 bridgehead atoms. The van der Waals surface area contributed by atoms with Gasteiger partial charge in [-0.25, -0.2) is 4.98 Å². The maximum Gasteiger partial charge on any atom is 0.238 e. The number of hydrogen-bond donors (Lipinski definition) is 3. The van der Waals surface area contributed by atoms with Crippen LogP contribution in [0.2, 0.25) is 0 Å². The summed E-state index contributed by atoms with van der Waals surface area (Å²) < 4.78 is 17.5. The zero-order chi connectivity index (χ0) is 24.7. The molecule has 1 atom stereocenters. The van der Waals surface area contributed by atoms with Crippen LogP contribution < -0.4 is 30.6 Å². The van der Waals surface area contributed by atoms with Crippen molar-refractivity contribution in [3.05, 3.63) is 90.3 Å². The molecule has 8 nitrogen and oxygen atoms in total. The Morgan fingerprint density at radius 1 is 0.972 bits per heavy atom. The predicted octanol–water partition coefficient (Wildman–Crippen LogP) is 4.28. The van der Waals surface area contributed by atoms with E-state index in [2.05, 4.69) is 27.8 Å². The minimum Gasteiger partial charge on any atom is -0.486 e. The van der Waals surface area contributed by atoms with E-state index in [0.717, 1.165) is 35.7 Å². The zero-order valence-electron chi connectivity index (χ0n) is 20.1. The Labute approximate surface area is 210 Å². The smallest absolute Gasteiger partial charge is 0.238 e. The molecule has 0 saturated heterocycles. The molecule has 0 saturated carbocycles. The third-order valence-corrected chi connectivity index (χ3v) is 5.92. The monoisotopic (exact) mass is 483 g/mol. The first-order chi connectivity index (χ1) is 17.7. The Bertz CT molecular complexity index is 1300. The Morgan fingerprint density at radius 3 is 2.50 bits per heavy atom.